The molecule has 0 bridgehead atoms. The number of hydrogen-bond donors (Lipinski definition) is 1. The summed E-state index contributed by atoms with van der Waals surface area (Å²) in [6.45, 7) is 6.22. The van der Waals surface area contributed by atoms with Crippen LogP contribution in [0.3, 0.4) is 0 Å². The van der Waals surface area contributed by atoms with Crippen LogP contribution in [0.15, 0.2) is 30.0 Å². The van der Waals surface area contributed by atoms with E-state index in [0.29, 0.717) is 0 Å². The summed E-state index contributed by atoms with van der Waals surface area (Å²) >= 11 is 0. The van der Waals surface area contributed by atoms with Crippen LogP contribution in [0, 0.1) is 0 Å². The predicted molar refractivity (Wildman–Crippen MR) is 67.4 cm³/mol. The molecule has 3 heteroatoms. The molecule has 0 unspecified atom stereocenters. The minimum Gasteiger partial charge on any atom is -0.366 e. The zero-order valence-electron chi connectivity index (χ0n) is 9.98. The van der Waals surface area contributed by atoms with Crippen molar-refractivity contribution >= 4 is 5.69 Å². The van der Waals surface area contributed by atoms with Crippen molar-refractivity contribution in [2.24, 2.45) is 5.73 Å². The van der Waals surface area contributed by atoms with Gasteiger partial charge in [0.05, 0.1) is 17.6 Å². The molecule has 0 amide bonds. The van der Waals surface area contributed by atoms with Crippen LogP contribution >= 0.6 is 0 Å². The molecule has 2 N–H and O–H groups in total. The average molecular weight is 217 g/mol. The molecular weight excluding hydrogens is 198 g/mol. The van der Waals surface area contributed by atoms with Gasteiger partial charge in [0.25, 0.3) is 0 Å². The first-order valence-corrected chi connectivity index (χ1v) is 5.79. The first kappa shape index (κ1) is 11.1. The maximum Gasteiger partial charge on any atom is 0.0569 e. The molecule has 1 aliphatic heterocycles. The smallest absolute Gasteiger partial charge is 0.0569 e. The Morgan fingerprint density at radius 3 is 2.81 bits per heavy atom. The lowest BCUT2D eigenvalue weighted by Crippen LogP contribution is -2.29. The van der Waals surface area contributed by atoms with Crippen LogP contribution < -0.4 is 10.6 Å². The Kier molecular flexibility index (Phi) is 3.25. The molecule has 0 fully saturated rings. The van der Waals surface area contributed by atoms with Gasteiger partial charge >= 0.3 is 0 Å². The van der Waals surface area contributed by atoms with E-state index in [1.54, 1.807) is 0 Å². The summed E-state index contributed by atoms with van der Waals surface area (Å²) in [5.74, 6) is 0. The highest BCUT2D eigenvalue weighted by atomic mass is 15.1. The maximum atomic E-state index is 5.78. The van der Waals surface area contributed by atoms with E-state index < -0.39 is 0 Å². The van der Waals surface area contributed by atoms with E-state index >= 15 is 0 Å². The topological polar surface area (TPSA) is 42.1 Å². The second-order valence-corrected chi connectivity index (χ2v) is 4.49. The number of nitrogens with two attached hydrogens (primary N) is 1. The first-order chi connectivity index (χ1) is 7.66. The fraction of sp³-hybridized carbons (Fsp3) is 0.462. The highest BCUT2D eigenvalue weighted by Crippen LogP contribution is 2.19. The van der Waals surface area contributed by atoms with E-state index in [0.717, 1.165) is 25.2 Å². The van der Waals surface area contributed by atoms with Crippen LogP contribution in [-0.4, -0.2) is 18.1 Å². The van der Waals surface area contributed by atoms with Gasteiger partial charge in [0, 0.05) is 19.1 Å². The molecule has 2 heterocycles. The summed E-state index contributed by atoms with van der Waals surface area (Å²) in [6, 6.07) is 4.15. The van der Waals surface area contributed by atoms with Gasteiger partial charge in [-0.15, -0.1) is 0 Å². The van der Waals surface area contributed by atoms with E-state index in [1.165, 1.54) is 11.3 Å². The molecule has 0 spiro atoms. The predicted octanol–water partition coefficient (Wildman–Crippen LogP) is 2.26. The van der Waals surface area contributed by atoms with Gasteiger partial charge in [-0.1, -0.05) is 11.6 Å². The Labute approximate surface area is 97.0 Å². The molecule has 86 valence electrons. The molecule has 1 atom stereocenters. The Morgan fingerprint density at radius 1 is 1.44 bits per heavy atom. The lowest BCUT2D eigenvalue weighted by atomic mass is 10.1. The molecule has 0 saturated heterocycles. The highest BCUT2D eigenvalue weighted by Gasteiger charge is 2.11. The Balaban J connectivity index is 2.13. The van der Waals surface area contributed by atoms with E-state index in [2.05, 4.69) is 29.0 Å². The van der Waals surface area contributed by atoms with E-state index in [4.69, 9.17) is 5.73 Å². The number of rotatable bonds is 2. The second kappa shape index (κ2) is 4.66. The quantitative estimate of drug-likeness (QED) is 0.773. The third kappa shape index (κ3) is 2.42. The van der Waals surface area contributed by atoms with E-state index in [-0.39, 0.29) is 6.04 Å². The van der Waals surface area contributed by atoms with E-state index in [9.17, 15) is 0 Å². The monoisotopic (exact) mass is 217 g/mol. The standard InChI is InChI=1S/C13H19N3/c1-10-4-3-7-16(9-10)12-5-6-13(11(2)14)15-8-12/h4-6,8,11H,3,7,9,14H2,1-2H3/t11-/m0/s1. The molecule has 1 aliphatic rings. The number of pyridine rings is 1. The van der Waals surface area contributed by atoms with Crippen LogP contribution in [0.2, 0.25) is 0 Å². The largest absolute Gasteiger partial charge is 0.366 e. The summed E-state index contributed by atoms with van der Waals surface area (Å²) in [4.78, 5) is 6.75. The SMILES string of the molecule is CC1=CCCN(c2ccc([C@H](C)N)nc2)C1. The molecule has 1 aromatic rings. The minimum absolute atomic E-state index is 0.0111. The molecule has 0 aliphatic carbocycles. The van der Waals surface area contributed by atoms with Gasteiger partial charge in [-0.2, -0.15) is 0 Å². The first-order valence-electron chi connectivity index (χ1n) is 5.79. The molecule has 0 saturated carbocycles. The van der Waals surface area contributed by atoms with Crippen LogP contribution in [0.25, 0.3) is 0 Å². The van der Waals surface area contributed by atoms with Gasteiger partial charge in [-0.05, 0) is 32.4 Å². The van der Waals surface area contributed by atoms with Crippen molar-refractivity contribution in [1.82, 2.24) is 4.98 Å². The van der Waals surface area contributed by atoms with Gasteiger partial charge in [-0.25, -0.2) is 0 Å². The summed E-state index contributed by atoms with van der Waals surface area (Å²) < 4.78 is 0. The fourth-order valence-electron chi connectivity index (χ4n) is 1.99. The van der Waals surface area contributed by atoms with Crippen LogP contribution in [0.4, 0.5) is 5.69 Å². The van der Waals surface area contributed by atoms with Gasteiger partial charge in [0.1, 0.15) is 0 Å². The third-order valence-corrected chi connectivity index (χ3v) is 2.93. The maximum absolute atomic E-state index is 5.78. The summed E-state index contributed by atoms with van der Waals surface area (Å²) in [7, 11) is 0. The van der Waals surface area contributed by atoms with Crippen LogP contribution in [-0.2, 0) is 0 Å². The second-order valence-electron chi connectivity index (χ2n) is 4.49. The van der Waals surface area contributed by atoms with Crippen molar-refractivity contribution in [3.8, 4) is 0 Å². The third-order valence-electron chi connectivity index (χ3n) is 2.93. The fourth-order valence-corrected chi connectivity index (χ4v) is 1.99. The summed E-state index contributed by atoms with van der Waals surface area (Å²) in [5, 5.41) is 0. The average Bonchev–Trinajstić information content (AvgIpc) is 2.29. The summed E-state index contributed by atoms with van der Waals surface area (Å²) in [6.07, 6.45) is 5.36. The van der Waals surface area contributed by atoms with Gasteiger partial charge in [-0.3, -0.25) is 4.98 Å². The van der Waals surface area contributed by atoms with Crippen molar-refractivity contribution in [3.63, 3.8) is 0 Å². The molecule has 16 heavy (non-hydrogen) atoms. The number of nitrogens with zero attached hydrogens (tertiary/aromatic N) is 2. The lowest BCUT2D eigenvalue weighted by molar-refractivity contribution is 0.767. The van der Waals surface area contributed by atoms with E-state index in [1.807, 2.05) is 19.2 Å². The minimum atomic E-state index is 0.0111. The number of hydrogen-bond acceptors (Lipinski definition) is 3. The zero-order chi connectivity index (χ0) is 11.5. The van der Waals surface area contributed by atoms with Crippen molar-refractivity contribution in [2.75, 3.05) is 18.0 Å². The van der Waals surface area contributed by atoms with Crippen molar-refractivity contribution in [1.29, 1.82) is 0 Å². The van der Waals surface area contributed by atoms with Crippen molar-refractivity contribution in [3.05, 3.63) is 35.7 Å². The number of anilines is 1. The Bertz CT molecular complexity index is 379. The normalized spacial score (nSPS) is 18.2. The molecule has 3 nitrogen and oxygen atoms in total. The lowest BCUT2D eigenvalue weighted by Gasteiger charge is -2.28. The number of aromatic nitrogens is 1. The molecule has 0 radical (unpaired) electrons. The van der Waals surface area contributed by atoms with Gasteiger partial charge in [0.15, 0.2) is 0 Å². The molecule has 0 aromatic carbocycles. The zero-order valence-corrected chi connectivity index (χ0v) is 9.98. The van der Waals surface area contributed by atoms with Crippen molar-refractivity contribution < 1.29 is 0 Å². The Hall–Kier alpha value is -1.35. The molecule has 1 aromatic heterocycles. The van der Waals surface area contributed by atoms with Crippen LogP contribution in [0.5, 0.6) is 0 Å². The highest BCUT2D eigenvalue weighted by molar-refractivity contribution is 5.47. The van der Waals surface area contributed by atoms with Crippen LogP contribution in [0.1, 0.15) is 32.0 Å². The van der Waals surface area contributed by atoms with Gasteiger partial charge in [0.2, 0.25) is 0 Å². The molecular formula is C13H19N3. The Morgan fingerprint density at radius 2 is 2.25 bits per heavy atom. The summed E-state index contributed by atoms with van der Waals surface area (Å²) in [5.41, 5.74) is 9.36. The van der Waals surface area contributed by atoms with Gasteiger partial charge < -0.3 is 10.6 Å². The molecule has 2 rings (SSSR count). The van der Waals surface area contributed by atoms with Crippen molar-refractivity contribution in [2.45, 2.75) is 26.3 Å².